The van der Waals surface area contributed by atoms with Gasteiger partial charge in [-0.1, -0.05) is 36.4 Å². The van der Waals surface area contributed by atoms with Crippen LogP contribution in [0.1, 0.15) is 21.5 Å². The quantitative estimate of drug-likeness (QED) is 0.304. The summed E-state index contributed by atoms with van der Waals surface area (Å²) < 4.78 is 24.9. The van der Waals surface area contributed by atoms with Gasteiger partial charge >= 0.3 is 0 Å². The number of methoxy groups -OCH3 is 2. The van der Waals surface area contributed by atoms with Crippen LogP contribution in [0, 0.1) is 5.82 Å². The first-order valence-corrected chi connectivity index (χ1v) is 11.2. The SMILES string of the molecule is COc1cccc(CNc2nc(NCc3cccc(OC)c3)n(C(=O)C=Cc3ccc(F)cc3)n2)c1. The number of rotatable bonds is 10. The fourth-order valence-electron chi connectivity index (χ4n) is 3.39. The minimum Gasteiger partial charge on any atom is -0.497 e. The number of ether oxygens (including phenoxy) is 2. The second kappa shape index (κ2) is 11.7. The molecule has 0 saturated heterocycles. The summed E-state index contributed by atoms with van der Waals surface area (Å²) >= 11 is 0. The van der Waals surface area contributed by atoms with Crippen LogP contribution in [0.5, 0.6) is 11.5 Å². The Kier molecular flexibility index (Phi) is 7.92. The number of anilines is 2. The number of nitrogens with one attached hydrogen (secondary N) is 2. The Morgan fingerprint density at radius 3 is 2.14 bits per heavy atom. The highest BCUT2D eigenvalue weighted by Gasteiger charge is 2.15. The van der Waals surface area contributed by atoms with E-state index in [4.69, 9.17) is 9.47 Å². The minimum atomic E-state index is -0.408. The highest BCUT2D eigenvalue weighted by Crippen LogP contribution is 2.17. The fraction of sp³-hybridized carbons (Fsp3) is 0.148. The second-order valence-electron chi connectivity index (χ2n) is 7.80. The molecule has 8 nitrogen and oxygen atoms in total. The Labute approximate surface area is 208 Å². The van der Waals surface area contributed by atoms with E-state index < -0.39 is 5.91 Å². The molecule has 0 unspecified atom stereocenters. The normalized spacial score (nSPS) is 10.9. The van der Waals surface area contributed by atoms with Crippen LogP contribution in [0.3, 0.4) is 0 Å². The van der Waals surface area contributed by atoms with Gasteiger partial charge in [0.1, 0.15) is 17.3 Å². The standard InChI is InChI=1S/C27H26FN5O3/c1-35-23-7-3-5-20(15-23)17-29-26-31-27(30-18-21-6-4-8-24(16-21)36-2)33(32-26)25(34)14-11-19-9-12-22(28)13-10-19/h3-16H,17-18H2,1-2H3,(H2,29,30,31,32). The van der Waals surface area contributed by atoms with Gasteiger partial charge in [0.15, 0.2) is 0 Å². The Balaban J connectivity index is 1.53. The Morgan fingerprint density at radius 1 is 0.917 bits per heavy atom. The van der Waals surface area contributed by atoms with Gasteiger partial charge in [0.25, 0.3) is 5.91 Å². The lowest BCUT2D eigenvalue weighted by atomic mass is 10.2. The van der Waals surface area contributed by atoms with Crippen molar-refractivity contribution in [3.63, 3.8) is 0 Å². The van der Waals surface area contributed by atoms with Crippen LogP contribution in [-0.2, 0) is 13.1 Å². The van der Waals surface area contributed by atoms with Gasteiger partial charge in [-0.3, -0.25) is 4.79 Å². The molecular formula is C27H26FN5O3. The number of carbonyl (C=O) groups is 1. The van der Waals surface area contributed by atoms with Crippen molar-refractivity contribution in [2.24, 2.45) is 0 Å². The van der Waals surface area contributed by atoms with Crippen LogP contribution in [0.2, 0.25) is 0 Å². The molecular weight excluding hydrogens is 461 g/mol. The zero-order chi connectivity index (χ0) is 25.3. The summed E-state index contributed by atoms with van der Waals surface area (Å²) in [5, 5.41) is 10.7. The highest BCUT2D eigenvalue weighted by atomic mass is 19.1. The number of hydrogen-bond donors (Lipinski definition) is 2. The predicted molar refractivity (Wildman–Crippen MR) is 137 cm³/mol. The van der Waals surface area contributed by atoms with Gasteiger partial charge in [0.2, 0.25) is 11.9 Å². The zero-order valence-electron chi connectivity index (χ0n) is 19.9. The smallest absolute Gasteiger partial charge is 0.274 e. The van der Waals surface area contributed by atoms with Crippen LogP contribution in [0.25, 0.3) is 6.08 Å². The van der Waals surface area contributed by atoms with Gasteiger partial charge in [0.05, 0.1) is 14.2 Å². The first-order chi connectivity index (χ1) is 17.5. The topological polar surface area (TPSA) is 90.3 Å². The first kappa shape index (κ1) is 24.5. The number of carbonyl (C=O) groups excluding carboxylic acids is 1. The van der Waals surface area contributed by atoms with Crippen molar-refractivity contribution in [1.82, 2.24) is 14.8 Å². The highest BCUT2D eigenvalue weighted by molar-refractivity contribution is 5.94. The summed E-state index contributed by atoms with van der Waals surface area (Å²) in [4.78, 5) is 17.5. The zero-order valence-corrected chi connectivity index (χ0v) is 19.9. The van der Waals surface area contributed by atoms with Crippen LogP contribution >= 0.6 is 0 Å². The molecule has 4 rings (SSSR count). The van der Waals surface area contributed by atoms with Crippen molar-refractivity contribution in [2.45, 2.75) is 13.1 Å². The minimum absolute atomic E-state index is 0.278. The van der Waals surface area contributed by atoms with E-state index >= 15 is 0 Å². The Morgan fingerprint density at radius 2 is 1.53 bits per heavy atom. The lowest BCUT2D eigenvalue weighted by Gasteiger charge is -2.07. The summed E-state index contributed by atoms with van der Waals surface area (Å²) in [7, 11) is 3.22. The average Bonchev–Trinajstić information content (AvgIpc) is 3.33. The first-order valence-electron chi connectivity index (χ1n) is 11.2. The monoisotopic (exact) mass is 487 g/mol. The summed E-state index contributed by atoms with van der Waals surface area (Å²) in [6, 6.07) is 21.0. The molecule has 0 spiro atoms. The number of nitrogens with zero attached hydrogens (tertiary/aromatic N) is 3. The maximum Gasteiger partial charge on any atom is 0.274 e. The molecule has 184 valence electrons. The summed E-state index contributed by atoms with van der Waals surface area (Å²) in [5.41, 5.74) is 2.61. The third kappa shape index (κ3) is 6.47. The van der Waals surface area contributed by atoms with E-state index in [1.807, 2.05) is 48.5 Å². The number of halogens is 1. The maximum absolute atomic E-state index is 13.2. The average molecular weight is 488 g/mol. The third-order valence-corrected chi connectivity index (χ3v) is 5.27. The predicted octanol–water partition coefficient (Wildman–Crippen LogP) is 5.01. The van der Waals surface area contributed by atoms with E-state index in [-0.39, 0.29) is 17.7 Å². The third-order valence-electron chi connectivity index (χ3n) is 5.27. The van der Waals surface area contributed by atoms with E-state index in [9.17, 15) is 9.18 Å². The largest absolute Gasteiger partial charge is 0.497 e. The molecule has 36 heavy (non-hydrogen) atoms. The van der Waals surface area contributed by atoms with Crippen molar-refractivity contribution in [3.8, 4) is 11.5 Å². The number of hydrogen-bond acceptors (Lipinski definition) is 7. The van der Waals surface area contributed by atoms with Crippen molar-refractivity contribution in [3.05, 3.63) is 101 Å². The molecule has 2 N–H and O–H groups in total. The molecule has 0 fully saturated rings. The summed E-state index contributed by atoms with van der Waals surface area (Å²) in [6.45, 7) is 0.844. The molecule has 0 radical (unpaired) electrons. The van der Waals surface area contributed by atoms with Crippen LogP contribution in [0.4, 0.5) is 16.3 Å². The summed E-state index contributed by atoms with van der Waals surface area (Å²) in [6.07, 6.45) is 2.96. The second-order valence-corrected chi connectivity index (χ2v) is 7.80. The molecule has 0 bridgehead atoms. The Hall–Kier alpha value is -4.66. The van der Waals surface area contributed by atoms with Gasteiger partial charge in [-0.15, -0.1) is 5.10 Å². The van der Waals surface area contributed by atoms with Crippen molar-refractivity contribution in [2.75, 3.05) is 24.9 Å². The summed E-state index contributed by atoms with van der Waals surface area (Å²) in [5.74, 6) is 1.29. The van der Waals surface area contributed by atoms with Crippen LogP contribution in [-0.4, -0.2) is 34.9 Å². The van der Waals surface area contributed by atoms with E-state index in [1.165, 1.54) is 22.9 Å². The molecule has 0 atom stereocenters. The lowest BCUT2D eigenvalue weighted by Crippen LogP contribution is -2.14. The number of aromatic nitrogens is 3. The Bertz CT molecular complexity index is 1350. The number of allylic oxidation sites excluding steroid dienone is 1. The van der Waals surface area contributed by atoms with Crippen LogP contribution < -0.4 is 20.1 Å². The molecule has 3 aromatic carbocycles. The molecule has 0 aliphatic carbocycles. The van der Waals surface area contributed by atoms with Crippen molar-refractivity contribution < 1.29 is 18.7 Å². The maximum atomic E-state index is 13.2. The molecule has 1 aromatic heterocycles. The van der Waals surface area contributed by atoms with E-state index in [0.29, 0.717) is 18.7 Å². The van der Waals surface area contributed by atoms with Gasteiger partial charge in [0, 0.05) is 19.2 Å². The molecule has 0 aliphatic rings. The molecule has 4 aromatic rings. The fourth-order valence-corrected chi connectivity index (χ4v) is 3.39. The van der Waals surface area contributed by atoms with Gasteiger partial charge in [-0.05, 0) is 59.2 Å². The van der Waals surface area contributed by atoms with E-state index in [2.05, 4.69) is 20.7 Å². The van der Waals surface area contributed by atoms with Gasteiger partial charge in [-0.2, -0.15) is 9.67 Å². The van der Waals surface area contributed by atoms with Crippen LogP contribution in [0.15, 0.2) is 78.9 Å². The van der Waals surface area contributed by atoms with Crippen molar-refractivity contribution in [1.29, 1.82) is 0 Å². The van der Waals surface area contributed by atoms with E-state index in [0.717, 1.165) is 22.6 Å². The lowest BCUT2D eigenvalue weighted by molar-refractivity contribution is 0.0957. The number of benzene rings is 3. The molecule has 1 heterocycles. The molecule has 9 heteroatoms. The van der Waals surface area contributed by atoms with E-state index in [1.54, 1.807) is 32.4 Å². The molecule has 0 amide bonds. The van der Waals surface area contributed by atoms with Gasteiger partial charge in [-0.25, -0.2) is 4.39 Å². The molecule has 0 saturated carbocycles. The van der Waals surface area contributed by atoms with Crippen molar-refractivity contribution >= 4 is 23.9 Å². The molecule has 0 aliphatic heterocycles. The van der Waals surface area contributed by atoms with Gasteiger partial charge < -0.3 is 20.1 Å².